The molecular formula is C19H24N6O. The highest BCUT2D eigenvalue weighted by Crippen LogP contribution is 2.25. The fraction of sp³-hybridized carbons (Fsp3) is 0.316. The van der Waals surface area contributed by atoms with Crippen LogP contribution in [0.25, 0.3) is 11.3 Å². The second-order valence-electron chi connectivity index (χ2n) is 6.58. The molecule has 0 bridgehead atoms. The highest BCUT2D eigenvalue weighted by molar-refractivity contribution is 5.93. The van der Waals surface area contributed by atoms with Gasteiger partial charge in [0.25, 0.3) is 5.91 Å². The Morgan fingerprint density at radius 3 is 2.50 bits per heavy atom. The quantitative estimate of drug-likeness (QED) is 0.739. The number of hydrogen-bond acceptors (Lipinski definition) is 4. The molecule has 1 aromatic carbocycles. The SMILES string of the molecule is Cc1nn(C)c(C)c1-c1cc(C(=O)NCc2ccc(N(C)C)cc2)[nH]n1. The van der Waals surface area contributed by atoms with Gasteiger partial charge in [0.2, 0.25) is 0 Å². The van der Waals surface area contributed by atoms with Crippen LogP contribution in [0.1, 0.15) is 27.4 Å². The molecule has 7 heteroatoms. The lowest BCUT2D eigenvalue weighted by Gasteiger charge is -2.12. The largest absolute Gasteiger partial charge is 0.378 e. The van der Waals surface area contributed by atoms with Gasteiger partial charge in [0, 0.05) is 44.6 Å². The zero-order valence-electron chi connectivity index (χ0n) is 15.8. The van der Waals surface area contributed by atoms with Gasteiger partial charge in [-0.1, -0.05) is 12.1 Å². The predicted molar refractivity (Wildman–Crippen MR) is 102 cm³/mol. The Bertz CT molecular complexity index is 920. The number of rotatable bonds is 5. The minimum atomic E-state index is -0.181. The first-order chi connectivity index (χ1) is 12.4. The van der Waals surface area contributed by atoms with E-state index in [2.05, 4.69) is 20.6 Å². The second-order valence-corrected chi connectivity index (χ2v) is 6.58. The number of nitrogens with zero attached hydrogens (tertiary/aromatic N) is 4. The van der Waals surface area contributed by atoms with E-state index < -0.39 is 0 Å². The minimum absolute atomic E-state index is 0.181. The highest BCUT2D eigenvalue weighted by Gasteiger charge is 2.17. The first-order valence-corrected chi connectivity index (χ1v) is 8.47. The van der Waals surface area contributed by atoms with Crippen molar-refractivity contribution in [3.63, 3.8) is 0 Å². The molecule has 0 aliphatic carbocycles. The maximum absolute atomic E-state index is 12.4. The van der Waals surface area contributed by atoms with Gasteiger partial charge in [-0.15, -0.1) is 0 Å². The topological polar surface area (TPSA) is 78.8 Å². The number of hydrogen-bond donors (Lipinski definition) is 2. The van der Waals surface area contributed by atoms with Crippen molar-refractivity contribution in [1.29, 1.82) is 0 Å². The van der Waals surface area contributed by atoms with Gasteiger partial charge in [0.1, 0.15) is 5.69 Å². The minimum Gasteiger partial charge on any atom is -0.378 e. The number of aryl methyl sites for hydroxylation is 2. The Balaban J connectivity index is 1.68. The lowest BCUT2D eigenvalue weighted by molar-refractivity contribution is 0.0946. The number of carbonyl (C=O) groups is 1. The molecule has 0 saturated heterocycles. The summed E-state index contributed by atoms with van der Waals surface area (Å²) in [5, 5.41) is 14.4. The van der Waals surface area contributed by atoms with Crippen LogP contribution in [0.5, 0.6) is 0 Å². The van der Waals surface area contributed by atoms with Gasteiger partial charge in [0.05, 0.1) is 11.4 Å². The Kier molecular flexibility index (Phi) is 4.79. The van der Waals surface area contributed by atoms with Crippen molar-refractivity contribution >= 4 is 11.6 Å². The third-order valence-corrected chi connectivity index (χ3v) is 4.49. The van der Waals surface area contributed by atoms with Crippen LogP contribution in [-0.2, 0) is 13.6 Å². The molecule has 2 aromatic heterocycles. The summed E-state index contributed by atoms with van der Waals surface area (Å²) in [6.07, 6.45) is 0. The third kappa shape index (κ3) is 3.46. The van der Waals surface area contributed by atoms with Gasteiger partial charge >= 0.3 is 0 Å². The molecule has 136 valence electrons. The van der Waals surface area contributed by atoms with Crippen LogP contribution in [0.2, 0.25) is 0 Å². The van der Waals surface area contributed by atoms with Crippen LogP contribution >= 0.6 is 0 Å². The smallest absolute Gasteiger partial charge is 0.269 e. The maximum Gasteiger partial charge on any atom is 0.269 e. The van der Waals surface area contributed by atoms with E-state index in [0.717, 1.165) is 33.9 Å². The van der Waals surface area contributed by atoms with Crippen molar-refractivity contribution in [2.24, 2.45) is 7.05 Å². The average molecular weight is 352 g/mol. The molecule has 0 saturated carbocycles. The first-order valence-electron chi connectivity index (χ1n) is 8.47. The first kappa shape index (κ1) is 17.7. The molecule has 7 nitrogen and oxygen atoms in total. The van der Waals surface area contributed by atoms with Gasteiger partial charge < -0.3 is 10.2 Å². The van der Waals surface area contributed by atoms with Gasteiger partial charge in [-0.3, -0.25) is 14.6 Å². The molecule has 0 spiro atoms. The molecule has 0 fully saturated rings. The molecule has 0 aliphatic rings. The number of carbonyl (C=O) groups excluding carboxylic acids is 1. The zero-order valence-corrected chi connectivity index (χ0v) is 15.8. The van der Waals surface area contributed by atoms with Crippen molar-refractivity contribution in [3.05, 3.63) is 53.0 Å². The van der Waals surface area contributed by atoms with E-state index in [9.17, 15) is 4.79 Å². The molecule has 0 unspecified atom stereocenters. The maximum atomic E-state index is 12.4. The summed E-state index contributed by atoms with van der Waals surface area (Å²) in [6, 6.07) is 9.85. The number of aromatic amines is 1. The molecule has 2 heterocycles. The van der Waals surface area contributed by atoms with Gasteiger partial charge in [-0.2, -0.15) is 10.2 Å². The summed E-state index contributed by atoms with van der Waals surface area (Å²) in [5.41, 5.74) is 6.21. The fourth-order valence-corrected chi connectivity index (χ4v) is 2.90. The number of nitrogens with one attached hydrogen (secondary N) is 2. The van der Waals surface area contributed by atoms with Crippen LogP contribution in [-0.4, -0.2) is 40.0 Å². The Morgan fingerprint density at radius 1 is 1.23 bits per heavy atom. The third-order valence-electron chi connectivity index (χ3n) is 4.49. The Morgan fingerprint density at radius 2 is 1.92 bits per heavy atom. The van der Waals surface area contributed by atoms with Crippen molar-refractivity contribution in [1.82, 2.24) is 25.3 Å². The molecule has 3 rings (SSSR count). The Labute approximate surface area is 153 Å². The molecule has 3 aromatic rings. The normalized spacial score (nSPS) is 10.8. The molecule has 26 heavy (non-hydrogen) atoms. The number of amides is 1. The summed E-state index contributed by atoms with van der Waals surface area (Å²) in [6.45, 7) is 4.39. The van der Waals surface area contributed by atoms with Gasteiger partial charge in [-0.05, 0) is 37.6 Å². The zero-order chi connectivity index (χ0) is 18.8. The second kappa shape index (κ2) is 7.03. The molecular weight excluding hydrogens is 328 g/mol. The van der Waals surface area contributed by atoms with Gasteiger partial charge in [-0.25, -0.2) is 0 Å². The van der Waals surface area contributed by atoms with Crippen LogP contribution in [0.15, 0.2) is 30.3 Å². The van der Waals surface area contributed by atoms with Crippen molar-refractivity contribution < 1.29 is 4.79 Å². The van der Waals surface area contributed by atoms with E-state index in [1.165, 1.54) is 0 Å². The van der Waals surface area contributed by atoms with E-state index >= 15 is 0 Å². The molecule has 1 amide bonds. The van der Waals surface area contributed by atoms with E-state index in [-0.39, 0.29) is 5.91 Å². The van der Waals surface area contributed by atoms with E-state index in [1.807, 2.05) is 68.8 Å². The molecule has 0 atom stereocenters. The summed E-state index contributed by atoms with van der Waals surface area (Å²) < 4.78 is 1.82. The standard InChI is InChI=1S/C19H24N6O/c1-12-18(13(2)25(5)23-12)16-10-17(22-21-16)19(26)20-11-14-6-8-15(9-7-14)24(3)4/h6-10H,11H2,1-5H3,(H,20,26)(H,21,22). The van der Waals surface area contributed by atoms with Gasteiger partial charge in [0.15, 0.2) is 0 Å². The van der Waals surface area contributed by atoms with Crippen LogP contribution < -0.4 is 10.2 Å². The predicted octanol–water partition coefficient (Wildman–Crippen LogP) is 2.42. The van der Waals surface area contributed by atoms with E-state index in [4.69, 9.17) is 0 Å². The van der Waals surface area contributed by atoms with Crippen LogP contribution in [0, 0.1) is 13.8 Å². The number of aromatic nitrogens is 4. The van der Waals surface area contributed by atoms with E-state index in [0.29, 0.717) is 12.2 Å². The monoisotopic (exact) mass is 352 g/mol. The summed E-state index contributed by atoms with van der Waals surface area (Å²) in [5.74, 6) is -0.181. The lowest BCUT2D eigenvalue weighted by atomic mass is 10.1. The number of benzene rings is 1. The Hall–Kier alpha value is -3.09. The molecule has 0 aliphatic heterocycles. The molecule has 0 radical (unpaired) electrons. The number of anilines is 1. The van der Waals surface area contributed by atoms with Crippen LogP contribution in [0.3, 0.4) is 0 Å². The molecule has 2 N–H and O–H groups in total. The summed E-state index contributed by atoms with van der Waals surface area (Å²) >= 11 is 0. The average Bonchev–Trinajstić information content (AvgIpc) is 3.18. The van der Waals surface area contributed by atoms with Crippen molar-refractivity contribution in [3.8, 4) is 11.3 Å². The summed E-state index contributed by atoms with van der Waals surface area (Å²) in [7, 11) is 5.89. The fourth-order valence-electron chi connectivity index (χ4n) is 2.90. The van der Waals surface area contributed by atoms with Crippen molar-refractivity contribution in [2.45, 2.75) is 20.4 Å². The lowest BCUT2D eigenvalue weighted by Crippen LogP contribution is -2.23. The summed E-state index contributed by atoms with van der Waals surface area (Å²) in [4.78, 5) is 14.4. The van der Waals surface area contributed by atoms with Crippen molar-refractivity contribution in [2.75, 3.05) is 19.0 Å². The number of H-pyrrole nitrogens is 1. The van der Waals surface area contributed by atoms with Crippen LogP contribution in [0.4, 0.5) is 5.69 Å². The highest BCUT2D eigenvalue weighted by atomic mass is 16.1. The van der Waals surface area contributed by atoms with E-state index in [1.54, 1.807) is 6.07 Å².